The summed E-state index contributed by atoms with van der Waals surface area (Å²) in [6, 6.07) is 1.58. The van der Waals surface area contributed by atoms with E-state index < -0.39 is 0 Å². The zero-order valence-corrected chi connectivity index (χ0v) is 11.9. The van der Waals surface area contributed by atoms with Gasteiger partial charge in [-0.3, -0.25) is 0 Å². The molecular weight excluding hydrogens is 208 g/mol. The Kier molecular flexibility index (Phi) is 4.87. The van der Waals surface area contributed by atoms with E-state index in [2.05, 4.69) is 31.0 Å². The Balaban J connectivity index is 1.79. The first kappa shape index (κ1) is 13.4. The Hall–Kier alpha value is -0.0800. The maximum absolute atomic E-state index is 3.96. The highest BCUT2D eigenvalue weighted by molar-refractivity contribution is 4.88. The van der Waals surface area contributed by atoms with Crippen LogP contribution in [0.5, 0.6) is 0 Å². The molecule has 0 aromatic rings. The van der Waals surface area contributed by atoms with E-state index in [0.29, 0.717) is 0 Å². The molecule has 1 saturated carbocycles. The highest BCUT2D eigenvalue weighted by atomic mass is 15.1. The SMILES string of the molecule is CCN1CCCC(NC2CCC(C)C2C)CC1. The molecule has 0 spiro atoms. The minimum absolute atomic E-state index is 0.782. The minimum atomic E-state index is 0.782. The minimum Gasteiger partial charge on any atom is -0.311 e. The zero-order valence-electron chi connectivity index (χ0n) is 11.9. The van der Waals surface area contributed by atoms with Crippen molar-refractivity contribution in [3.63, 3.8) is 0 Å². The molecule has 4 unspecified atom stereocenters. The molecule has 2 fully saturated rings. The molecule has 1 N–H and O–H groups in total. The average molecular weight is 238 g/mol. The van der Waals surface area contributed by atoms with E-state index in [-0.39, 0.29) is 0 Å². The van der Waals surface area contributed by atoms with Crippen LogP contribution in [-0.4, -0.2) is 36.6 Å². The molecular formula is C15H30N2. The van der Waals surface area contributed by atoms with Gasteiger partial charge in [-0.15, -0.1) is 0 Å². The Morgan fingerprint density at radius 1 is 1.06 bits per heavy atom. The first-order chi connectivity index (χ1) is 8.20. The number of rotatable bonds is 3. The Morgan fingerprint density at radius 2 is 1.88 bits per heavy atom. The van der Waals surface area contributed by atoms with Gasteiger partial charge >= 0.3 is 0 Å². The molecule has 2 rings (SSSR count). The van der Waals surface area contributed by atoms with E-state index in [1.54, 1.807) is 0 Å². The summed E-state index contributed by atoms with van der Waals surface area (Å²) < 4.78 is 0. The number of nitrogens with one attached hydrogen (secondary N) is 1. The van der Waals surface area contributed by atoms with Gasteiger partial charge in [0.2, 0.25) is 0 Å². The second kappa shape index (κ2) is 6.19. The van der Waals surface area contributed by atoms with Crippen LogP contribution in [-0.2, 0) is 0 Å². The second-order valence-corrected chi connectivity index (χ2v) is 6.25. The summed E-state index contributed by atoms with van der Waals surface area (Å²) in [6.45, 7) is 11.0. The lowest BCUT2D eigenvalue weighted by Crippen LogP contribution is -2.41. The topological polar surface area (TPSA) is 15.3 Å². The lowest BCUT2D eigenvalue weighted by molar-refractivity contribution is 0.288. The zero-order chi connectivity index (χ0) is 12.3. The summed E-state index contributed by atoms with van der Waals surface area (Å²) in [5.41, 5.74) is 0. The van der Waals surface area contributed by atoms with Crippen molar-refractivity contribution in [3.8, 4) is 0 Å². The van der Waals surface area contributed by atoms with Crippen LogP contribution in [0, 0.1) is 11.8 Å². The van der Waals surface area contributed by atoms with Crippen molar-refractivity contribution < 1.29 is 0 Å². The van der Waals surface area contributed by atoms with Crippen molar-refractivity contribution in [2.75, 3.05) is 19.6 Å². The molecule has 0 aromatic heterocycles. The smallest absolute Gasteiger partial charge is 0.00979 e. The summed E-state index contributed by atoms with van der Waals surface area (Å²) in [7, 11) is 0. The Labute approximate surface area is 107 Å². The van der Waals surface area contributed by atoms with Crippen molar-refractivity contribution in [1.29, 1.82) is 0 Å². The van der Waals surface area contributed by atoms with Crippen molar-refractivity contribution in [2.24, 2.45) is 11.8 Å². The Bertz CT molecular complexity index is 229. The molecule has 1 saturated heterocycles. The fourth-order valence-corrected chi connectivity index (χ4v) is 3.54. The van der Waals surface area contributed by atoms with Gasteiger partial charge in [0.05, 0.1) is 0 Å². The van der Waals surface area contributed by atoms with Crippen LogP contribution in [0.1, 0.15) is 52.9 Å². The van der Waals surface area contributed by atoms with Crippen molar-refractivity contribution in [2.45, 2.75) is 65.0 Å². The van der Waals surface area contributed by atoms with Gasteiger partial charge < -0.3 is 10.2 Å². The summed E-state index contributed by atoms with van der Waals surface area (Å²) in [5.74, 6) is 1.80. The molecule has 0 amide bonds. The van der Waals surface area contributed by atoms with E-state index in [0.717, 1.165) is 23.9 Å². The molecule has 0 aromatic carbocycles. The molecule has 100 valence electrons. The standard InChI is InChI=1S/C15H30N2/c1-4-17-10-5-6-14(9-11-17)16-15-8-7-12(2)13(15)3/h12-16H,4-11H2,1-3H3. The van der Waals surface area contributed by atoms with Gasteiger partial charge in [-0.25, -0.2) is 0 Å². The maximum atomic E-state index is 3.96. The van der Waals surface area contributed by atoms with Gasteiger partial charge in [0, 0.05) is 12.1 Å². The van der Waals surface area contributed by atoms with E-state index in [4.69, 9.17) is 0 Å². The summed E-state index contributed by atoms with van der Waals surface area (Å²) in [4.78, 5) is 2.60. The molecule has 1 aliphatic heterocycles. The van der Waals surface area contributed by atoms with E-state index in [1.165, 1.54) is 51.7 Å². The van der Waals surface area contributed by atoms with Gasteiger partial charge in [0.15, 0.2) is 0 Å². The fourth-order valence-electron chi connectivity index (χ4n) is 3.54. The molecule has 2 nitrogen and oxygen atoms in total. The predicted octanol–water partition coefficient (Wildman–Crippen LogP) is 2.89. The second-order valence-electron chi connectivity index (χ2n) is 6.25. The quantitative estimate of drug-likeness (QED) is 0.813. The van der Waals surface area contributed by atoms with E-state index >= 15 is 0 Å². The molecule has 1 aliphatic carbocycles. The summed E-state index contributed by atoms with van der Waals surface area (Å²) in [5, 5.41) is 3.96. The van der Waals surface area contributed by atoms with Crippen LogP contribution in [0.25, 0.3) is 0 Å². The van der Waals surface area contributed by atoms with Gasteiger partial charge in [0.1, 0.15) is 0 Å². The van der Waals surface area contributed by atoms with E-state index in [1.807, 2.05) is 0 Å². The first-order valence-corrected chi connectivity index (χ1v) is 7.69. The molecule has 17 heavy (non-hydrogen) atoms. The van der Waals surface area contributed by atoms with E-state index in [9.17, 15) is 0 Å². The Morgan fingerprint density at radius 3 is 2.53 bits per heavy atom. The molecule has 4 atom stereocenters. The molecule has 0 bridgehead atoms. The van der Waals surface area contributed by atoms with Crippen molar-refractivity contribution in [1.82, 2.24) is 10.2 Å². The summed E-state index contributed by atoms with van der Waals surface area (Å²) >= 11 is 0. The number of hydrogen-bond donors (Lipinski definition) is 1. The molecule has 2 aliphatic rings. The third kappa shape index (κ3) is 3.45. The monoisotopic (exact) mass is 238 g/mol. The van der Waals surface area contributed by atoms with Crippen LogP contribution in [0.2, 0.25) is 0 Å². The maximum Gasteiger partial charge on any atom is 0.00979 e. The number of likely N-dealkylation sites (tertiary alicyclic amines) is 1. The first-order valence-electron chi connectivity index (χ1n) is 7.69. The highest BCUT2D eigenvalue weighted by Gasteiger charge is 2.31. The van der Waals surface area contributed by atoms with Gasteiger partial charge in [-0.1, -0.05) is 20.8 Å². The van der Waals surface area contributed by atoms with Crippen LogP contribution in [0.4, 0.5) is 0 Å². The number of nitrogens with zero attached hydrogens (tertiary/aromatic N) is 1. The summed E-state index contributed by atoms with van der Waals surface area (Å²) in [6.07, 6.45) is 6.94. The largest absolute Gasteiger partial charge is 0.311 e. The van der Waals surface area contributed by atoms with Crippen molar-refractivity contribution in [3.05, 3.63) is 0 Å². The normalized spacial score (nSPS) is 40.4. The molecule has 1 heterocycles. The highest BCUT2D eigenvalue weighted by Crippen LogP contribution is 2.31. The van der Waals surface area contributed by atoms with Crippen LogP contribution < -0.4 is 5.32 Å². The van der Waals surface area contributed by atoms with Crippen LogP contribution in [0.3, 0.4) is 0 Å². The number of hydrogen-bond acceptors (Lipinski definition) is 2. The lowest BCUT2D eigenvalue weighted by Gasteiger charge is -2.26. The van der Waals surface area contributed by atoms with Crippen LogP contribution >= 0.6 is 0 Å². The molecule has 0 radical (unpaired) electrons. The third-order valence-corrected chi connectivity index (χ3v) is 5.18. The van der Waals surface area contributed by atoms with Gasteiger partial charge in [-0.2, -0.15) is 0 Å². The average Bonchev–Trinajstić information content (AvgIpc) is 2.58. The fraction of sp³-hybridized carbons (Fsp3) is 1.00. The third-order valence-electron chi connectivity index (χ3n) is 5.18. The van der Waals surface area contributed by atoms with Crippen LogP contribution in [0.15, 0.2) is 0 Å². The van der Waals surface area contributed by atoms with Crippen molar-refractivity contribution >= 4 is 0 Å². The molecule has 2 heteroatoms. The van der Waals surface area contributed by atoms with Gasteiger partial charge in [0.25, 0.3) is 0 Å². The van der Waals surface area contributed by atoms with Gasteiger partial charge in [-0.05, 0) is 63.6 Å². The predicted molar refractivity (Wildman–Crippen MR) is 74.2 cm³/mol. The lowest BCUT2D eigenvalue weighted by atomic mass is 9.96.